The van der Waals surface area contributed by atoms with Gasteiger partial charge in [-0.1, -0.05) is 15.9 Å². The molecule has 0 aliphatic heterocycles. The maximum absolute atomic E-state index is 5.96. The highest BCUT2D eigenvalue weighted by molar-refractivity contribution is 9.10. The number of ether oxygens (including phenoxy) is 1. The van der Waals surface area contributed by atoms with Crippen LogP contribution in [0.15, 0.2) is 45.3 Å². The lowest BCUT2D eigenvalue weighted by Crippen LogP contribution is -2.18. The summed E-state index contributed by atoms with van der Waals surface area (Å²) in [6.07, 6.45) is 0. The average Bonchev–Trinajstić information content (AvgIpc) is 2.75. The van der Waals surface area contributed by atoms with E-state index >= 15 is 0 Å². The molecule has 0 spiro atoms. The number of furan rings is 1. The van der Waals surface area contributed by atoms with Crippen molar-refractivity contribution in [3.05, 3.63) is 52.4 Å². The molecule has 1 heterocycles. The molecule has 1 unspecified atom stereocenters. The Morgan fingerprint density at radius 2 is 1.94 bits per heavy atom. The summed E-state index contributed by atoms with van der Waals surface area (Å²) in [7, 11) is 0. The van der Waals surface area contributed by atoms with Gasteiger partial charge in [-0.3, -0.25) is 0 Å². The lowest BCUT2D eigenvalue weighted by Gasteiger charge is -2.11. The highest BCUT2D eigenvalue weighted by Crippen LogP contribution is 2.19. The Kier molecular flexibility index (Phi) is 3.86. The van der Waals surface area contributed by atoms with Crippen LogP contribution in [0.1, 0.15) is 17.6 Å². The van der Waals surface area contributed by atoms with Crippen LogP contribution in [0.2, 0.25) is 0 Å². The fraction of sp³-hybridized carbons (Fsp3) is 0.231. The molecule has 0 aliphatic carbocycles. The normalized spacial score (nSPS) is 12.4. The van der Waals surface area contributed by atoms with E-state index in [0.29, 0.717) is 6.61 Å². The van der Waals surface area contributed by atoms with Crippen LogP contribution in [0.5, 0.6) is 5.75 Å². The van der Waals surface area contributed by atoms with Gasteiger partial charge in [0.15, 0.2) is 0 Å². The first-order valence-corrected chi connectivity index (χ1v) is 6.15. The van der Waals surface area contributed by atoms with Gasteiger partial charge in [-0.15, -0.1) is 0 Å². The van der Waals surface area contributed by atoms with E-state index in [1.807, 2.05) is 43.3 Å². The van der Waals surface area contributed by atoms with E-state index < -0.39 is 0 Å². The Hall–Kier alpha value is -1.26. The van der Waals surface area contributed by atoms with Gasteiger partial charge in [-0.05, 0) is 43.3 Å². The lowest BCUT2D eigenvalue weighted by molar-refractivity contribution is 0.271. The molecule has 2 aromatic rings. The number of rotatable bonds is 4. The number of aryl methyl sites for hydroxylation is 1. The molecule has 3 nitrogen and oxygen atoms in total. The summed E-state index contributed by atoms with van der Waals surface area (Å²) in [5.41, 5.74) is 5.96. The number of hydrogen-bond acceptors (Lipinski definition) is 3. The zero-order valence-electron chi connectivity index (χ0n) is 9.52. The van der Waals surface area contributed by atoms with E-state index in [9.17, 15) is 0 Å². The molecular formula is C13H14BrNO2. The molecule has 2 rings (SSSR count). The summed E-state index contributed by atoms with van der Waals surface area (Å²) < 4.78 is 12.0. The molecule has 1 aromatic carbocycles. The SMILES string of the molecule is Cc1ccc(C(N)COc2ccc(Br)cc2)o1. The van der Waals surface area contributed by atoms with Crippen LogP contribution in [-0.2, 0) is 0 Å². The number of nitrogens with two attached hydrogens (primary N) is 1. The van der Waals surface area contributed by atoms with Gasteiger partial charge in [0.1, 0.15) is 23.9 Å². The van der Waals surface area contributed by atoms with E-state index in [-0.39, 0.29) is 6.04 Å². The minimum absolute atomic E-state index is 0.243. The molecular weight excluding hydrogens is 282 g/mol. The first-order valence-electron chi connectivity index (χ1n) is 5.35. The van der Waals surface area contributed by atoms with Crippen LogP contribution in [0.4, 0.5) is 0 Å². The number of halogens is 1. The first kappa shape index (κ1) is 12.2. The van der Waals surface area contributed by atoms with Gasteiger partial charge in [0.05, 0.1) is 6.04 Å². The smallest absolute Gasteiger partial charge is 0.124 e. The Labute approximate surface area is 109 Å². The molecule has 1 atom stereocenters. The van der Waals surface area contributed by atoms with Crippen molar-refractivity contribution < 1.29 is 9.15 Å². The average molecular weight is 296 g/mol. The van der Waals surface area contributed by atoms with Gasteiger partial charge >= 0.3 is 0 Å². The van der Waals surface area contributed by atoms with E-state index in [4.69, 9.17) is 14.9 Å². The van der Waals surface area contributed by atoms with Gasteiger partial charge in [0.2, 0.25) is 0 Å². The van der Waals surface area contributed by atoms with Gasteiger partial charge in [0, 0.05) is 4.47 Å². The Bertz CT molecular complexity index is 478. The fourth-order valence-electron chi connectivity index (χ4n) is 1.45. The Morgan fingerprint density at radius 3 is 2.53 bits per heavy atom. The van der Waals surface area contributed by atoms with Crippen molar-refractivity contribution in [2.24, 2.45) is 5.73 Å². The molecule has 0 bridgehead atoms. The van der Waals surface area contributed by atoms with Crippen molar-refractivity contribution >= 4 is 15.9 Å². The zero-order valence-corrected chi connectivity index (χ0v) is 11.1. The molecule has 2 N–H and O–H groups in total. The summed E-state index contributed by atoms with van der Waals surface area (Å²) >= 11 is 3.37. The Balaban J connectivity index is 1.92. The predicted octanol–water partition coefficient (Wildman–Crippen LogP) is 3.43. The number of benzene rings is 1. The van der Waals surface area contributed by atoms with Crippen LogP contribution in [0.25, 0.3) is 0 Å². The second-order valence-electron chi connectivity index (χ2n) is 3.82. The van der Waals surface area contributed by atoms with Crippen LogP contribution in [-0.4, -0.2) is 6.61 Å². The third-order valence-electron chi connectivity index (χ3n) is 2.37. The van der Waals surface area contributed by atoms with E-state index in [2.05, 4.69) is 15.9 Å². The van der Waals surface area contributed by atoms with Crippen molar-refractivity contribution in [2.45, 2.75) is 13.0 Å². The van der Waals surface area contributed by atoms with Crippen molar-refractivity contribution in [1.82, 2.24) is 0 Å². The molecule has 0 saturated carbocycles. The first-order chi connectivity index (χ1) is 8.15. The van der Waals surface area contributed by atoms with Gasteiger partial charge in [0.25, 0.3) is 0 Å². The van der Waals surface area contributed by atoms with Crippen LogP contribution < -0.4 is 10.5 Å². The van der Waals surface area contributed by atoms with E-state index in [1.165, 1.54) is 0 Å². The quantitative estimate of drug-likeness (QED) is 0.940. The summed E-state index contributed by atoms with van der Waals surface area (Å²) in [5, 5.41) is 0. The zero-order chi connectivity index (χ0) is 12.3. The summed E-state index contributed by atoms with van der Waals surface area (Å²) in [5.74, 6) is 2.41. The molecule has 0 aliphatic rings. The second kappa shape index (κ2) is 5.38. The van der Waals surface area contributed by atoms with Gasteiger partial charge < -0.3 is 14.9 Å². The van der Waals surface area contributed by atoms with Crippen LogP contribution in [0, 0.1) is 6.92 Å². The van der Waals surface area contributed by atoms with Crippen molar-refractivity contribution in [3.8, 4) is 5.75 Å². The highest BCUT2D eigenvalue weighted by Gasteiger charge is 2.10. The molecule has 17 heavy (non-hydrogen) atoms. The lowest BCUT2D eigenvalue weighted by atomic mass is 10.2. The van der Waals surface area contributed by atoms with Crippen molar-refractivity contribution in [1.29, 1.82) is 0 Å². The maximum atomic E-state index is 5.96. The Morgan fingerprint density at radius 1 is 1.24 bits per heavy atom. The highest BCUT2D eigenvalue weighted by atomic mass is 79.9. The predicted molar refractivity (Wildman–Crippen MR) is 70.0 cm³/mol. The summed E-state index contributed by atoms with van der Waals surface area (Å²) in [6, 6.07) is 11.2. The third kappa shape index (κ3) is 3.35. The molecule has 90 valence electrons. The van der Waals surface area contributed by atoms with Crippen LogP contribution >= 0.6 is 15.9 Å². The minimum atomic E-state index is -0.243. The topological polar surface area (TPSA) is 48.4 Å². The third-order valence-corrected chi connectivity index (χ3v) is 2.90. The summed E-state index contributed by atoms with van der Waals surface area (Å²) in [4.78, 5) is 0. The van der Waals surface area contributed by atoms with E-state index in [1.54, 1.807) is 0 Å². The number of hydrogen-bond donors (Lipinski definition) is 1. The van der Waals surface area contributed by atoms with E-state index in [0.717, 1.165) is 21.7 Å². The van der Waals surface area contributed by atoms with Gasteiger partial charge in [-0.25, -0.2) is 0 Å². The standard InChI is InChI=1S/C13H14BrNO2/c1-9-2-7-13(17-9)12(15)8-16-11-5-3-10(14)4-6-11/h2-7,12H,8,15H2,1H3. The minimum Gasteiger partial charge on any atom is -0.491 e. The second-order valence-corrected chi connectivity index (χ2v) is 4.74. The largest absolute Gasteiger partial charge is 0.491 e. The van der Waals surface area contributed by atoms with Crippen molar-refractivity contribution in [3.63, 3.8) is 0 Å². The maximum Gasteiger partial charge on any atom is 0.124 e. The fourth-order valence-corrected chi connectivity index (χ4v) is 1.72. The molecule has 0 amide bonds. The molecule has 0 saturated heterocycles. The van der Waals surface area contributed by atoms with Gasteiger partial charge in [-0.2, -0.15) is 0 Å². The molecule has 0 radical (unpaired) electrons. The van der Waals surface area contributed by atoms with Crippen molar-refractivity contribution in [2.75, 3.05) is 6.61 Å². The molecule has 0 fully saturated rings. The molecule has 4 heteroatoms. The van der Waals surface area contributed by atoms with Crippen LogP contribution in [0.3, 0.4) is 0 Å². The molecule has 1 aromatic heterocycles. The summed E-state index contributed by atoms with van der Waals surface area (Å²) in [6.45, 7) is 2.29. The monoisotopic (exact) mass is 295 g/mol.